The molecule has 1 aromatic rings. The predicted octanol–water partition coefficient (Wildman–Crippen LogP) is 4.01. The van der Waals surface area contributed by atoms with Crippen LogP contribution in [0.4, 0.5) is 26.3 Å². The smallest absolute Gasteiger partial charge is 0.402 e. The molecule has 0 spiro atoms. The molecular formula is C15H17F6NO2. The number of hydrogen-bond acceptors (Lipinski definition) is 3. The number of nitrogens with one attached hydrogen (secondary N) is 1. The van der Waals surface area contributed by atoms with E-state index in [4.69, 9.17) is 0 Å². The average molecular weight is 357 g/mol. The van der Waals surface area contributed by atoms with E-state index in [0.29, 0.717) is 5.56 Å². The van der Waals surface area contributed by atoms with E-state index in [9.17, 15) is 31.1 Å². The summed E-state index contributed by atoms with van der Waals surface area (Å²) in [6, 6.07) is 4.34. The van der Waals surface area contributed by atoms with Crippen LogP contribution in [0.2, 0.25) is 0 Å². The molecule has 0 aliphatic heterocycles. The van der Waals surface area contributed by atoms with Crippen molar-refractivity contribution in [2.45, 2.75) is 38.3 Å². The van der Waals surface area contributed by atoms with E-state index < -0.39 is 36.3 Å². The van der Waals surface area contributed by atoms with Crippen LogP contribution in [0, 0.1) is 5.92 Å². The molecule has 0 aromatic heterocycles. The van der Waals surface area contributed by atoms with Crippen molar-refractivity contribution in [3.05, 3.63) is 35.9 Å². The summed E-state index contributed by atoms with van der Waals surface area (Å²) < 4.78 is 82.1. The van der Waals surface area contributed by atoms with Gasteiger partial charge in [-0.2, -0.15) is 26.3 Å². The Labute approximate surface area is 135 Å². The second-order valence-electron chi connectivity index (χ2n) is 5.09. The van der Waals surface area contributed by atoms with E-state index in [1.165, 1.54) is 26.0 Å². The van der Waals surface area contributed by atoms with Crippen molar-refractivity contribution >= 4 is 5.97 Å². The Bertz CT molecular complexity index is 515. The highest BCUT2D eigenvalue weighted by atomic mass is 19.4. The minimum Gasteiger partial charge on any atom is -0.465 e. The van der Waals surface area contributed by atoms with Gasteiger partial charge in [0.15, 0.2) is 5.92 Å². The first-order chi connectivity index (χ1) is 11.0. The Morgan fingerprint density at radius 1 is 1.08 bits per heavy atom. The number of benzene rings is 1. The Morgan fingerprint density at radius 3 is 2.00 bits per heavy atom. The molecule has 0 fully saturated rings. The molecule has 0 amide bonds. The number of rotatable bonds is 6. The van der Waals surface area contributed by atoms with Crippen molar-refractivity contribution in [1.82, 2.24) is 5.32 Å². The third-order valence-corrected chi connectivity index (χ3v) is 3.31. The number of alkyl halides is 6. The lowest BCUT2D eigenvalue weighted by Crippen LogP contribution is -2.55. The van der Waals surface area contributed by atoms with Crippen LogP contribution in [-0.2, 0) is 9.53 Å². The minimum absolute atomic E-state index is 0.334. The number of ether oxygens (including phenoxy) is 1. The Kier molecular flexibility index (Phi) is 6.65. The van der Waals surface area contributed by atoms with Gasteiger partial charge in [0.1, 0.15) is 6.04 Å². The topological polar surface area (TPSA) is 38.3 Å². The number of carbonyl (C=O) groups excluding carboxylic acids is 1. The van der Waals surface area contributed by atoms with Crippen LogP contribution in [0.3, 0.4) is 0 Å². The molecule has 0 unspecified atom stereocenters. The van der Waals surface area contributed by atoms with E-state index >= 15 is 0 Å². The lowest BCUT2D eigenvalue weighted by atomic mass is 9.96. The molecule has 24 heavy (non-hydrogen) atoms. The van der Waals surface area contributed by atoms with Crippen molar-refractivity contribution in [2.24, 2.45) is 5.92 Å². The van der Waals surface area contributed by atoms with Gasteiger partial charge in [0.05, 0.1) is 6.61 Å². The van der Waals surface area contributed by atoms with E-state index in [1.54, 1.807) is 18.2 Å². The summed E-state index contributed by atoms with van der Waals surface area (Å²) in [5, 5.41) is 2.12. The summed E-state index contributed by atoms with van der Waals surface area (Å²) in [5.74, 6) is -5.46. The predicted molar refractivity (Wildman–Crippen MR) is 74.0 cm³/mol. The molecule has 0 saturated carbocycles. The second-order valence-corrected chi connectivity index (χ2v) is 5.09. The van der Waals surface area contributed by atoms with Gasteiger partial charge in [0.25, 0.3) is 0 Å². The van der Waals surface area contributed by atoms with Gasteiger partial charge in [0, 0.05) is 6.04 Å². The molecule has 9 heteroatoms. The Hall–Kier alpha value is -1.77. The van der Waals surface area contributed by atoms with Crippen molar-refractivity contribution in [1.29, 1.82) is 0 Å². The number of halogens is 6. The van der Waals surface area contributed by atoms with Crippen molar-refractivity contribution < 1.29 is 35.9 Å². The van der Waals surface area contributed by atoms with E-state index in [0.717, 1.165) is 0 Å². The Balaban J connectivity index is 3.17. The standard InChI is InChI=1S/C15H17F6NO2/c1-3-24-13(23)11(12(14(16,17)18)15(19,20)21)22-9(2)10-7-5-4-6-8-10/h4-9,11-12,22H,3H2,1-2H3/t9-,11+/m1/s1. The summed E-state index contributed by atoms with van der Waals surface area (Å²) in [6.45, 7) is 2.33. The van der Waals surface area contributed by atoms with Crippen LogP contribution in [0.15, 0.2) is 30.3 Å². The first-order valence-corrected chi connectivity index (χ1v) is 7.09. The van der Waals surface area contributed by atoms with Crippen molar-refractivity contribution in [3.63, 3.8) is 0 Å². The quantitative estimate of drug-likeness (QED) is 0.618. The van der Waals surface area contributed by atoms with Crippen LogP contribution in [-0.4, -0.2) is 31.0 Å². The van der Waals surface area contributed by atoms with Crippen molar-refractivity contribution in [3.8, 4) is 0 Å². The highest BCUT2D eigenvalue weighted by Crippen LogP contribution is 2.42. The molecule has 136 valence electrons. The lowest BCUT2D eigenvalue weighted by Gasteiger charge is -2.31. The summed E-state index contributed by atoms with van der Waals surface area (Å²) in [6.07, 6.45) is -11.3. The van der Waals surface area contributed by atoms with Crippen LogP contribution in [0.25, 0.3) is 0 Å². The van der Waals surface area contributed by atoms with E-state index in [2.05, 4.69) is 10.1 Å². The number of hydrogen-bond donors (Lipinski definition) is 1. The summed E-state index contributed by atoms with van der Waals surface area (Å²) in [4.78, 5) is 11.8. The molecule has 0 heterocycles. The number of carbonyl (C=O) groups is 1. The SMILES string of the molecule is CCOC(=O)[C@@H](N[C@H](C)c1ccccc1)C(C(F)(F)F)C(F)(F)F. The zero-order chi connectivity index (χ0) is 18.5. The van der Waals surface area contributed by atoms with E-state index in [1.807, 2.05) is 0 Å². The van der Waals surface area contributed by atoms with Crippen LogP contribution < -0.4 is 5.32 Å². The normalized spacial score (nSPS) is 15.2. The van der Waals surface area contributed by atoms with Crippen LogP contribution >= 0.6 is 0 Å². The zero-order valence-electron chi connectivity index (χ0n) is 12.9. The molecule has 0 aliphatic rings. The molecule has 0 saturated heterocycles. The summed E-state index contributed by atoms with van der Waals surface area (Å²) in [7, 11) is 0. The fourth-order valence-corrected chi connectivity index (χ4v) is 2.20. The highest BCUT2D eigenvalue weighted by molar-refractivity contribution is 5.76. The first kappa shape index (κ1) is 20.3. The van der Waals surface area contributed by atoms with Crippen LogP contribution in [0.5, 0.6) is 0 Å². The van der Waals surface area contributed by atoms with Gasteiger partial charge in [0.2, 0.25) is 0 Å². The van der Waals surface area contributed by atoms with Gasteiger partial charge >= 0.3 is 18.3 Å². The molecule has 0 bridgehead atoms. The fraction of sp³-hybridized carbons (Fsp3) is 0.533. The summed E-state index contributed by atoms with van der Waals surface area (Å²) >= 11 is 0. The maximum Gasteiger partial charge on any atom is 0.402 e. The van der Waals surface area contributed by atoms with Gasteiger partial charge in [-0.15, -0.1) is 0 Å². The van der Waals surface area contributed by atoms with Gasteiger partial charge in [-0.3, -0.25) is 10.1 Å². The molecule has 1 N–H and O–H groups in total. The zero-order valence-corrected chi connectivity index (χ0v) is 12.9. The third kappa shape index (κ3) is 5.40. The molecule has 1 rings (SSSR count). The first-order valence-electron chi connectivity index (χ1n) is 7.09. The minimum atomic E-state index is -5.65. The van der Waals surface area contributed by atoms with Gasteiger partial charge < -0.3 is 4.74 Å². The molecule has 3 nitrogen and oxygen atoms in total. The summed E-state index contributed by atoms with van der Waals surface area (Å²) in [5.41, 5.74) is 0.440. The maximum absolute atomic E-state index is 13.0. The largest absolute Gasteiger partial charge is 0.465 e. The average Bonchev–Trinajstić information content (AvgIpc) is 2.44. The molecule has 2 atom stereocenters. The number of esters is 1. The Morgan fingerprint density at radius 2 is 1.58 bits per heavy atom. The third-order valence-electron chi connectivity index (χ3n) is 3.31. The monoisotopic (exact) mass is 357 g/mol. The lowest BCUT2D eigenvalue weighted by molar-refractivity contribution is -0.292. The van der Waals surface area contributed by atoms with E-state index in [-0.39, 0.29) is 6.61 Å². The van der Waals surface area contributed by atoms with Gasteiger partial charge in [-0.25, -0.2) is 0 Å². The van der Waals surface area contributed by atoms with Crippen LogP contribution in [0.1, 0.15) is 25.5 Å². The highest BCUT2D eigenvalue weighted by Gasteiger charge is 2.62. The maximum atomic E-state index is 13.0. The van der Waals surface area contributed by atoms with Crippen molar-refractivity contribution in [2.75, 3.05) is 6.61 Å². The fourth-order valence-electron chi connectivity index (χ4n) is 2.20. The molecular weight excluding hydrogens is 340 g/mol. The molecule has 0 radical (unpaired) electrons. The second kappa shape index (κ2) is 7.87. The molecule has 1 aromatic carbocycles. The molecule has 0 aliphatic carbocycles. The van der Waals surface area contributed by atoms with Gasteiger partial charge in [-0.1, -0.05) is 30.3 Å². The van der Waals surface area contributed by atoms with Gasteiger partial charge in [-0.05, 0) is 19.4 Å².